The first kappa shape index (κ1) is 14.7. The van der Waals surface area contributed by atoms with E-state index in [9.17, 15) is 29.0 Å². The summed E-state index contributed by atoms with van der Waals surface area (Å²) in [7, 11) is 0. The van der Waals surface area contributed by atoms with Crippen LogP contribution in [0.1, 0.15) is 17.9 Å². The van der Waals surface area contributed by atoms with Crippen LogP contribution in [0, 0.1) is 31.9 Å². The third-order valence-electron chi connectivity index (χ3n) is 2.44. The van der Waals surface area contributed by atoms with E-state index in [1.165, 1.54) is 12.1 Å². The molecule has 0 aliphatic carbocycles. The van der Waals surface area contributed by atoms with Gasteiger partial charge in [-0.25, -0.2) is 8.78 Å². The number of nitrogens with zero attached hydrogens (tertiary/aromatic N) is 2. The van der Waals surface area contributed by atoms with Crippen molar-refractivity contribution in [2.75, 3.05) is 6.54 Å². The lowest BCUT2D eigenvalue weighted by atomic mass is 9.95. The molecule has 0 spiro atoms. The fourth-order valence-corrected chi connectivity index (χ4v) is 1.63. The van der Waals surface area contributed by atoms with E-state index in [-0.39, 0.29) is 12.0 Å². The highest BCUT2D eigenvalue weighted by atomic mass is 19.2. The maximum absolute atomic E-state index is 13.5. The van der Waals surface area contributed by atoms with Gasteiger partial charge in [0.15, 0.2) is 11.6 Å². The van der Waals surface area contributed by atoms with Crippen molar-refractivity contribution in [2.24, 2.45) is 0 Å². The topological polar surface area (TPSA) is 86.3 Å². The van der Waals surface area contributed by atoms with Crippen molar-refractivity contribution >= 4 is 0 Å². The number of allylic oxidation sites excluding steroid dienone is 1. The van der Waals surface area contributed by atoms with Crippen LogP contribution >= 0.6 is 0 Å². The zero-order chi connectivity index (χ0) is 14.4. The van der Waals surface area contributed by atoms with Gasteiger partial charge in [-0.3, -0.25) is 20.2 Å². The molecule has 1 unspecified atom stereocenters. The van der Waals surface area contributed by atoms with Crippen molar-refractivity contribution in [3.05, 3.63) is 67.9 Å². The summed E-state index contributed by atoms with van der Waals surface area (Å²) in [4.78, 5) is 19.2. The fourth-order valence-electron chi connectivity index (χ4n) is 1.63. The Hall–Kier alpha value is -2.38. The highest BCUT2D eigenvalue weighted by Gasteiger charge is 2.22. The van der Waals surface area contributed by atoms with Gasteiger partial charge >= 0.3 is 0 Å². The van der Waals surface area contributed by atoms with E-state index >= 15 is 0 Å². The molecule has 1 atom stereocenters. The van der Waals surface area contributed by atoms with Crippen LogP contribution in [0.5, 0.6) is 0 Å². The van der Waals surface area contributed by atoms with Gasteiger partial charge < -0.3 is 0 Å². The Bertz CT molecular complexity index is 519. The van der Waals surface area contributed by atoms with E-state index in [2.05, 4.69) is 0 Å². The van der Waals surface area contributed by atoms with Crippen LogP contribution in [-0.2, 0) is 0 Å². The molecular formula is C11H10F2N2O4. The van der Waals surface area contributed by atoms with E-state index in [1.807, 2.05) is 0 Å². The van der Waals surface area contributed by atoms with Gasteiger partial charge in [-0.15, -0.1) is 0 Å². The first-order chi connectivity index (χ1) is 8.91. The normalized spacial score (nSPS) is 12.5. The highest BCUT2D eigenvalue weighted by Crippen LogP contribution is 2.24. The zero-order valence-corrected chi connectivity index (χ0v) is 9.66. The Balaban J connectivity index is 2.99. The molecule has 0 fully saturated rings. The van der Waals surface area contributed by atoms with Crippen LogP contribution in [0.15, 0.2) is 30.5 Å². The molecule has 0 saturated heterocycles. The smallest absolute Gasteiger partial charge is 0.230 e. The predicted octanol–water partition coefficient (Wildman–Crippen LogP) is 2.51. The molecule has 102 valence electrons. The van der Waals surface area contributed by atoms with Crippen LogP contribution < -0.4 is 0 Å². The first-order valence-electron chi connectivity index (χ1n) is 5.27. The summed E-state index contributed by atoms with van der Waals surface area (Å²) in [6.07, 6.45) is 1.57. The molecule has 0 heterocycles. The van der Waals surface area contributed by atoms with Crippen LogP contribution in [0.2, 0.25) is 0 Å². The van der Waals surface area contributed by atoms with Gasteiger partial charge in [0, 0.05) is 10.5 Å². The maximum atomic E-state index is 13.5. The standard InChI is InChI=1S/C11H10F2N2O4/c12-10-5-1-4-9(11(10)13)8(7-15(18)19)3-2-6-14(16)17/h1-2,4-6,8H,3,7H2/b6-2+. The maximum Gasteiger partial charge on any atom is 0.230 e. The van der Waals surface area contributed by atoms with E-state index in [0.29, 0.717) is 6.20 Å². The molecule has 1 aromatic rings. The molecule has 0 N–H and O–H groups in total. The molecule has 19 heavy (non-hydrogen) atoms. The number of hydrogen-bond acceptors (Lipinski definition) is 4. The Morgan fingerprint density at radius 3 is 2.53 bits per heavy atom. The fraction of sp³-hybridized carbons (Fsp3) is 0.273. The molecule has 0 radical (unpaired) electrons. The minimum absolute atomic E-state index is 0.123. The van der Waals surface area contributed by atoms with Gasteiger partial charge in [0.05, 0.1) is 10.8 Å². The number of halogens is 2. The predicted molar refractivity (Wildman–Crippen MR) is 61.7 cm³/mol. The van der Waals surface area contributed by atoms with Crippen molar-refractivity contribution in [2.45, 2.75) is 12.3 Å². The summed E-state index contributed by atoms with van der Waals surface area (Å²) in [6, 6.07) is 3.36. The molecule has 6 nitrogen and oxygen atoms in total. The van der Waals surface area contributed by atoms with Gasteiger partial charge in [0.2, 0.25) is 12.7 Å². The highest BCUT2D eigenvalue weighted by molar-refractivity contribution is 5.23. The summed E-state index contributed by atoms with van der Waals surface area (Å²) in [5.41, 5.74) is -0.162. The van der Waals surface area contributed by atoms with Crippen LogP contribution in [0.4, 0.5) is 8.78 Å². The minimum atomic E-state index is -1.16. The van der Waals surface area contributed by atoms with Crippen molar-refractivity contribution in [1.82, 2.24) is 0 Å². The summed E-state index contributed by atoms with van der Waals surface area (Å²) in [6.45, 7) is -0.636. The Morgan fingerprint density at radius 2 is 1.95 bits per heavy atom. The molecule has 0 aliphatic rings. The van der Waals surface area contributed by atoms with Gasteiger partial charge in [0.25, 0.3) is 0 Å². The van der Waals surface area contributed by atoms with E-state index in [0.717, 1.165) is 12.1 Å². The molecular weight excluding hydrogens is 262 g/mol. The number of rotatable bonds is 6. The van der Waals surface area contributed by atoms with Crippen LogP contribution in [0.25, 0.3) is 0 Å². The molecule has 0 aliphatic heterocycles. The van der Waals surface area contributed by atoms with Crippen molar-refractivity contribution in [3.63, 3.8) is 0 Å². The summed E-state index contributed by atoms with van der Waals surface area (Å²) in [5.74, 6) is -3.23. The Labute approximate surface area is 106 Å². The van der Waals surface area contributed by atoms with Crippen LogP contribution in [0.3, 0.4) is 0 Å². The largest absolute Gasteiger partial charge is 0.265 e. The van der Waals surface area contributed by atoms with E-state index < -0.39 is 33.9 Å². The van der Waals surface area contributed by atoms with Gasteiger partial charge in [-0.2, -0.15) is 0 Å². The molecule has 1 aromatic carbocycles. The summed E-state index contributed by atoms with van der Waals surface area (Å²) >= 11 is 0. The molecule has 0 bridgehead atoms. The molecule has 1 rings (SSSR count). The summed E-state index contributed by atoms with van der Waals surface area (Å²) in [5, 5.41) is 20.6. The second-order valence-electron chi connectivity index (χ2n) is 3.76. The van der Waals surface area contributed by atoms with Crippen LogP contribution in [-0.4, -0.2) is 16.4 Å². The van der Waals surface area contributed by atoms with Gasteiger partial charge in [0.1, 0.15) is 0 Å². The third kappa shape index (κ3) is 4.41. The lowest BCUT2D eigenvalue weighted by Crippen LogP contribution is -2.14. The average Bonchev–Trinajstić information content (AvgIpc) is 2.30. The first-order valence-corrected chi connectivity index (χ1v) is 5.27. The SMILES string of the molecule is O=[N+]([O-])/C=C/CC(C[N+](=O)[O-])c1cccc(F)c1F. The van der Waals surface area contributed by atoms with Crippen molar-refractivity contribution in [3.8, 4) is 0 Å². The van der Waals surface area contributed by atoms with Crippen molar-refractivity contribution in [1.29, 1.82) is 0 Å². The lowest BCUT2D eigenvalue weighted by molar-refractivity contribution is -0.483. The monoisotopic (exact) mass is 272 g/mol. The number of hydrogen-bond donors (Lipinski definition) is 0. The quantitative estimate of drug-likeness (QED) is 0.588. The Morgan fingerprint density at radius 1 is 1.26 bits per heavy atom. The number of benzene rings is 1. The minimum Gasteiger partial charge on any atom is -0.265 e. The molecule has 8 heteroatoms. The van der Waals surface area contributed by atoms with Gasteiger partial charge in [-0.05, 0) is 18.6 Å². The van der Waals surface area contributed by atoms with E-state index in [4.69, 9.17) is 0 Å². The summed E-state index contributed by atoms with van der Waals surface area (Å²) < 4.78 is 26.6. The van der Waals surface area contributed by atoms with Crippen molar-refractivity contribution < 1.29 is 18.6 Å². The molecule has 0 amide bonds. The average molecular weight is 272 g/mol. The van der Waals surface area contributed by atoms with Gasteiger partial charge in [-0.1, -0.05) is 12.1 Å². The molecule has 0 saturated carbocycles. The second kappa shape index (κ2) is 6.53. The Kier molecular flexibility index (Phi) is 5.04. The van der Waals surface area contributed by atoms with E-state index in [1.54, 1.807) is 0 Å². The zero-order valence-electron chi connectivity index (χ0n) is 9.66. The number of nitro groups is 2. The lowest BCUT2D eigenvalue weighted by Gasteiger charge is -2.11. The second-order valence-corrected chi connectivity index (χ2v) is 3.76. The molecule has 0 aromatic heterocycles. The third-order valence-corrected chi connectivity index (χ3v) is 2.44.